The van der Waals surface area contributed by atoms with E-state index in [-0.39, 0.29) is 11.9 Å². The number of hydrogen-bond donors (Lipinski definition) is 2. The summed E-state index contributed by atoms with van der Waals surface area (Å²) in [7, 11) is 0. The van der Waals surface area contributed by atoms with Crippen molar-refractivity contribution in [3.63, 3.8) is 0 Å². The Labute approximate surface area is 113 Å². The standard InChI is InChI=1S/C14H19N5/c15-13-17-12(18-14(16)19-13)10-6-2-5-9-11-7-3-1-4-8-11/h1,3-4,7-8H,2,5-6,9-10H2,(H4,15,16,17,18,19). The summed E-state index contributed by atoms with van der Waals surface area (Å²) in [5.74, 6) is 1.09. The molecule has 1 aromatic heterocycles. The van der Waals surface area contributed by atoms with Gasteiger partial charge in [-0.05, 0) is 24.8 Å². The number of rotatable bonds is 6. The lowest BCUT2D eigenvalue weighted by Crippen LogP contribution is -2.06. The highest BCUT2D eigenvalue weighted by Crippen LogP contribution is 2.09. The molecule has 19 heavy (non-hydrogen) atoms. The van der Waals surface area contributed by atoms with Gasteiger partial charge in [0.15, 0.2) is 0 Å². The van der Waals surface area contributed by atoms with Crippen LogP contribution in [0.3, 0.4) is 0 Å². The molecule has 1 aromatic carbocycles. The zero-order valence-electron chi connectivity index (χ0n) is 10.9. The third-order valence-corrected chi connectivity index (χ3v) is 2.92. The van der Waals surface area contributed by atoms with E-state index >= 15 is 0 Å². The van der Waals surface area contributed by atoms with Crippen LogP contribution in [0.2, 0.25) is 0 Å². The van der Waals surface area contributed by atoms with Gasteiger partial charge in [0.1, 0.15) is 5.82 Å². The van der Waals surface area contributed by atoms with Crippen LogP contribution in [0.4, 0.5) is 11.9 Å². The second-order valence-corrected chi connectivity index (χ2v) is 4.51. The highest BCUT2D eigenvalue weighted by Gasteiger charge is 2.01. The largest absolute Gasteiger partial charge is 0.368 e. The van der Waals surface area contributed by atoms with E-state index in [9.17, 15) is 0 Å². The van der Waals surface area contributed by atoms with Crippen LogP contribution < -0.4 is 11.5 Å². The number of unbranched alkanes of at least 4 members (excludes halogenated alkanes) is 2. The van der Waals surface area contributed by atoms with Crippen LogP contribution in [0.25, 0.3) is 0 Å². The van der Waals surface area contributed by atoms with E-state index in [1.165, 1.54) is 12.0 Å². The van der Waals surface area contributed by atoms with Crippen molar-refractivity contribution in [1.29, 1.82) is 0 Å². The SMILES string of the molecule is Nc1nc(N)nc(CCCCCc2ccccc2)n1. The molecule has 0 aliphatic carbocycles. The fourth-order valence-corrected chi connectivity index (χ4v) is 2.00. The number of hydrogen-bond acceptors (Lipinski definition) is 5. The van der Waals surface area contributed by atoms with Crippen LogP contribution in [0, 0.1) is 0 Å². The molecule has 0 bridgehead atoms. The van der Waals surface area contributed by atoms with Crippen molar-refractivity contribution in [3.05, 3.63) is 41.7 Å². The van der Waals surface area contributed by atoms with E-state index in [0.29, 0.717) is 5.82 Å². The predicted molar refractivity (Wildman–Crippen MR) is 76.4 cm³/mol. The molecule has 0 atom stereocenters. The normalized spacial score (nSPS) is 10.5. The maximum absolute atomic E-state index is 5.52. The second kappa shape index (κ2) is 6.68. The molecule has 5 heteroatoms. The average molecular weight is 257 g/mol. The second-order valence-electron chi connectivity index (χ2n) is 4.51. The molecule has 4 N–H and O–H groups in total. The molecule has 5 nitrogen and oxygen atoms in total. The summed E-state index contributed by atoms with van der Waals surface area (Å²) < 4.78 is 0. The first-order valence-corrected chi connectivity index (χ1v) is 6.54. The molecule has 0 radical (unpaired) electrons. The minimum absolute atomic E-state index is 0.201. The van der Waals surface area contributed by atoms with E-state index in [1.807, 2.05) is 6.07 Å². The quantitative estimate of drug-likeness (QED) is 0.772. The van der Waals surface area contributed by atoms with Crippen molar-refractivity contribution >= 4 is 11.9 Å². The zero-order valence-corrected chi connectivity index (χ0v) is 10.9. The molecule has 0 saturated heterocycles. The van der Waals surface area contributed by atoms with Crippen LogP contribution in [0.15, 0.2) is 30.3 Å². The highest BCUT2D eigenvalue weighted by atomic mass is 15.1. The minimum atomic E-state index is 0.201. The zero-order chi connectivity index (χ0) is 13.5. The molecule has 0 spiro atoms. The smallest absolute Gasteiger partial charge is 0.225 e. The number of benzene rings is 1. The Hall–Kier alpha value is -2.17. The minimum Gasteiger partial charge on any atom is -0.368 e. The topological polar surface area (TPSA) is 90.7 Å². The monoisotopic (exact) mass is 257 g/mol. The molecular formula is C14H19N5. The van der Waals surface area contributed by atoms with Crippen molar-refractivity contribution in [3.8, 4) is 0 Å². The van der Waals surface area contributed by atoms with Crippen LogP contribution in [-0.2, 0) is 12.8 Å². The summed E-state index contributed by atoms with van der Waals surface area (Å²) >= 11 is 0. The number of anilines is 2. The first-order chi connectivity index (χ1) is 9.24. The molecule has 1 heterocycles. The molecule has 0 unspecified atom stereocenters. The Balaban J connectivity index is 1.69. The number of aryl methyl sites for hydroxylation is 2. The van der Waals surface area contributed by atoms with Gasteiger partial charge in [-0.3, -0.25) is 0 Å². The molecular weight excluding hydrogens is 238 g/mol. The Bertz CT molecular complexity index is 492. The Kier molecular flexibility index (Phi) is 4.66. The van der Waals surface area contributed by atoms with Crippen molar-refractivity contribution in [1.82, 2.24) is 15.0 Å². The van der Waals surface area contributed by atoms with Crippen molar-refractivity contribution in [2.45, 2.75) is 32.1 Å². The summed E-state index contributed by atoms with van der Waals surface area (Å²) in [6.45, 7) is 0. The summed E-state index contributed by atoms with van der Waals surface area (Å²) in [5, 5.41) is 0. The molecule has 0 saturated carbocycles. The Morgan fingerprint density at radius 2 is 1.37 bits per heavy atom. The maximum atomic E-state index is 5.52. The van der Waals surface area contributed by atoms with Crippen molar-refractivity contribution in [2.75, 3.05) is 11.5 Å². The number of nitrogen functional groups attached to an aromatic ring is 2. The molecule has 100 valence electrons. The average Bonchev–Trinajstić information content (AvgIpc) is 2.38. The molecule has 2 aromatic rings. The number of aromatic nitrogens is 3. The van der Waals surface area contributed by atoms with E-state index in [1.54, 1.807) is 0 Å². The van der Waals surface area contributed by atoms with Gasteiger partial charge < -0.3 is 11.5 Å². The van der Waals surface area contributed by atoms with Gasteiger partial charge in [-0.15, -0.1) is 0 Å². The van der Waals surface area contributed by atoms with Gasteiger partial charge in [0, 0.05) is 6.42 Å². The lowest BCUT2D eigenvalue weighted by Gasteiger charge is -2.03. The summed E-state index contributed by atoms with van der Waals surface area (Å²) in [6.07, 6.45) is 5.25. The lowest BCUT2D eigenvalue weighted by molar-refractivity contribution is 0.661. The summed E-state index contributed by atoms with van der Waals surface area (Å²) in [5.41, 5.74) is 12.4. The number of nitrogens with two attached hydrogens (primary N) is 2. The van der Waals surface area contributed by atoms with Gasteiger partial charge in [-0.2, -0.15) is 15.0 Å². The lowest BCUT2D eigenvalue weighted by atomic mass is 10.1. The predicted octanol–water partition coefficient (Wildman–Crippen LogP) is 1.99. The Morgan fingerprint density at radius 3 is 2.05 bits per heavy atom. The van der Waals surface area contributed by atoms with Gasteiger partial charge in [0.05, 0.1) is 0 Å². The molecule has 0 fully saturated rings. The van der Waals surface area contributed by atoms with E-state index in [4.69, 9.17) is 11.5 Å². The van der Waals surface area contributed by atoms with Gasteiger partial charge in [0.2, 0.25) is 11.9 Å². The first kappa shape index (κ1) is 13.3. The first-order valence-electron chi connectivity index (χ1n) is 6.54. The Morgan fingerprint density at radius 1 is 0.737 bits per heavy atom. The number of nitrogens with zero attached hydrogens (tertiary/aromatic N) is 3. The highest BCUT2D eigenvalue weighted by molar-refractivity contribution is 5.25. The van der Waals surface area contributed by atoms with E-state index < -0.39 is 0 Å². The van der Waals surface area contributed by atoms with Crippen LogP contribution in [-0.4, -0.2) is 15.0 Å². The van der Waals surface area contributed by atoms with Gasteiger partial charge in [-0.1, -0.05) is 36.8 Å². The van der Waals surface area contributed by atoms with Gasteiger partial charge >= 0.3 is 0 Å². The van der Waals surface area contributed by atoms with E-state index in [0.717, 1.165) is 25.7 Å². The molecule has 2 rings (SSSR count). The third-order valence-electron chi connectivity index (χ3n) is 2.92. The molecule has 0 amide bonds. The summed E-state index contributed by atoms with van der Waals surface area (Å²) in [4.78, 5) is 11.9. The van der Waals surface area contributed by atoms with Crippen LogP contribution in [0.1, 0.15) is 30.7 Å². The van der Waals surface area contributed by atoms with Gasteiger partial charge in [-0.25, -0.2) is 0 Å². The maximum Gasteiger partial charge on any atom is 0.225 e. The van der Waals surface area contributed by atoms with Crippen molar-refractivity contribution < 1.29 is 0 Å². The summed E-state index contributed by atoms with van der Waals surface area (Å²) in [6, 6.07) is 10.5. The van der Waals surface area contributed by atoms with E-state index in [2.05, 4.69) is 39.2 Å². The molecule has 0 aliphatic rings. The third kappa shape index (κ3) is 4.54. The fraction of sp³-hybridized carbons (Fsp3) is 0.357. The van der Waals surface area contributed by atoms with Crippen LogP contribution >= 0.6 is 0 Å². The van der Waals surface area contributed by atoms with Gasteiger partial charge in [0.25, 0.3) is 0 Å². The van der Waals surface area contributed by atoms with Crippen molar-refractivity contribution in [2.24, 2.45) is 0 Å². The fourth-order valence-electron chi connectivity index (χ4n) is 2.00. The molecule has 0 aliphatic heterocycles. The van der Waals surface area contributed by atoms with Crippen LogP contribution in [0.5, 0.6) is 0 Å².